The van der Waals surface area contributed by atoms with Crippen molar-refractivity contribution >= 4 is 6.03 Å². The highest BCUT2D eigenvalue weighted by molar-refractivity contribution is 5.76. The molecule has 1 aromatic heterocycles. The van der Waals surface area contributed by atoms with Crippen LogP contribution in [0.4, 0.5) is 4.79 Å². The highest BCUT2D eigenvalue weighted by Crippen LogP contribution is 2.28. The average molecular weight is 328 g/mol. The van der Waals surface area contributed by atoms with Gasteiger partial charge in [0.25, 0.3) is 0 Å². The first-order chi connectivity index (χ1) is 11.5. The molecule has 128 valence electrons. The fourth-order valence-electron chi connectivity index (χ4n) is 3.37. The molecule has 1 saturated heterocycles. The van der Waals surface area contributed by atoms with Gasteiger partial charge in [-0.05, 0) is 44.4 Å². The monoisotopic (exact) mass is 328 g/mol. The number of carbonyl (C=O) groups is 1. The lowest BCUT2D eigenvalue weighted by molar-refractivity contribution is 0.00953. The van der Waals surface area contributed by atoms with E-state index in [-0.39, 0.29) is 18.1 Å². The molecule has 2 N–H and O–H groups in total. The third kappa shape index (κ3) is 3.46. The van der Waals surface area contributed by atoms with Crippen LogP contribution in [-0.2, 0) is 0 Å². The number of nitrogens with one attached hydrogen (secondary N) is 1. The molecule has 2 atom stereocenters. The van der Waals surface area contributed by atoms with Crippen LogP contribution in [0.1, 0.15) is 44.1 Å². The zero-order chi connectivity index (χ0) is 17.2. The summed E-state index contributed by atoms with van der Waals surface area (Å²) in [4.78, 5) is 14.6. The van der Waals surface area contributed by atoms with E-state index < -0.39 is 5.60 Å². The van der Waals surface area contributed by atoms with Crippen molar-refractivity contribution in [1.29, 1.82) is 0 Å². The lowest BCUT2D eigenvalue weighted by Crippen LogP contribution is -2.52. The summed E-state index contributed by atoms with van der Waals surface area (Å²) in [6.07, 6.45) is 3.32. The number of aliphatic hydroxyl groups is 1. The summed E-state index contributed by atoms with van der Waals surface area (Å²) in [5.74, 6) is 0.688. The Morgan fingerprint density at radius 2 is 2.04 bits per heavy atom. The third-order valence-electron chi connectivity index (χ3n) is 4.56. The van der Waals surface area contributed by atoms with Gasteiger partial charge in [0.2, 0.25) is 0 Å². The number of hydrogen-bond acceptors (Lipinski definition) is 3. The number of rotatable bonds is 4. The molecular formula is C19H24N2O3. The third-order valence-corrected chi connectivity index (χ3v) is 4.56. The van der Waals surface area contributed by atoms with E-state index in [4.69, 9.17) is 4.42 Å². The molecule has 0 saturated carbocycles. The van der Waals surface area contributed by atoms with Gasteiger partial charge in [-0.2, -0.15) is 0 Å². The summed E-state index contributed by atoms with van der Waals surface area (Å²) in [7, 11) is 0. The molecule has 5 heteroatoms. The van der Waals surface area contributed by atoms with Crippen LogP contribution < -0.4 is 5.32 Å². The first-order valence-corrected chi connectivity index (χ1v) is 8.34. The van der Waals surface area contributed by atoms with E-state index in [1.165, 1.54) is 0 Å². The molecule has 0 bridgehead atoms. The van der Waals surface area contributed by atoms with Gasteiger partial charge in [-0.15, -0.1) is 0 Å². The highest BCUT2D eigenvalue weighted by Gasteiger charge is 2.39. The van der Waals surface area contributed by atoms with Crippen molar-refractivity contribution in [3.8, 4) is 0 Å². The number of urea groups is 1. The van der Waals surface area contributed by atoms with Gasteiger partial charge in [0.05, 0.1) is 17.9 Å². The second kappa shape index (κ2) is 6.69. The Balaban J connectivity index is 1.82. The standard InChI is InChI=1S/C19H24N2O3/c1-19(2,23)16-11-6-12-21(16)18(22)20-17(15-10-7-13-24-15)14-8-4-3-5-9-14/h3-5,7-10,13,16-17,23H,6,11-12H2,1-2H3,(H,20,22)/t16-,17-/m1/s1. The zero-order valence-corrected chi connectivity index (χ0v) is 14.1. The van der Waals surface area contributed by atoms with Crippen LogP contribution in [0, 0.1) is 0 Å². The van der Waals surface area contributed by atoms with E-state index in [0.29, 0.717) is 12.3 Å². The molecule has 5 nitrogen and oxygen atoms in total. The quantitative estimate of drug-likeness (QED) is 0.905. The van der Waals surface area contributed by atoms with Crippen LogP contribution in [0.5, 0.6) is 0 Å². The predicted molar refractivity (Wildman–Crippen MR) is 91.6 cm³/mol. The molecule has 0 aliphatic carbocycles. The maximum atomic E-state index is 12.8. The number of carbonyl (C=O) groups excluding carboxylic acids is 1. The minimum absolute atomic E-state index is 0.175. The Hall–Kier alpha value is -2.27. The first-order valence-electron chi connectivity index (χ1n) is 8.34. The number of hydrogen-bond donors (Lipinski definition) is 2. The second-order valence-electron chi connectivity index (χ2n) is 6.81. The molecule has 3 rings (SSSR count). The van der Waals surface area contributed by atoms with Gasteiger partial charge in [0.15, 0.2) is 0 Å². The van der Waals surface area contributed by atoms with Crippen molar-refractivity contribution in [3.63, 3.8) is 0 Å². The number of benzene rings is 1. The molecule has 2 aromatic rings. The summed E-state index contributed by atoms with van der Waals surface area (Å²) < 4.78 is 5.53. The largest absolute Gasteiger partial charge is 0.467 e. The average Bonchev–Trinajstić information content (AvgIpc) is 3.23. The molecule has 0 radical (unpaired) electrons. The molecule has 1 fully saturated rings. The van der Waals surface area contributed by atoms with Crippen molar-refractivity contribution in [3.05, 3.63) is 60.1 Å². The lowest BCUT2D eigenvalue weighted by atomic mass is 9.97. The van der Waals surface area contributed by atoms with Gasteiger partial charge < -0.3 is 19.7 Å². The zero-order valence-electron chi connectivity index (χ0n) is 14.1. The van der Waals surface area contributed by atoms with Crippen molar-refractivity contribution < 1.29 is 14.3 Å². The topological polar surface area (TPSA) is 65.7 Å². The summed E-state index contributed by atoms with van der Waals surface area (Å²) in [5, 5.41) is 13.4. The van der Waals surface area contributed by atoms with Gasteiger partial charge in [-0.1, -0.05) is 30.3 Å². The summed E-state index contributed by atoms with van der Waals surface area (Å²) in [6, 6.07) is 12.7. The van der Waals surface area contributed by atoms with Crippen LogP contribution in [0.2, 0.25) is 0 Å². The predicted octanol–water partition coefficient (Wildman–Crippen LogP) is 3.31. The van der Waals surface area contributed by atoms with Crippen LogP contribution >= 0.6 is 0 Å². The molecule has 1 aliphatic heterocycles. The minimum Gasteiger partial charge on any atom is -0.467 e. The van der Waals surface area contributed by atoms with Crippen molar-refractivity contribution in [2.45, 2.75) is 44.4 Å². The van der Waals surface area contributed by atoms with E-state index in [0.717, 1.165) is 18.4 Å². The van der Waals surface area contributed by atoms with Gasteiger partial charge in [0.1, 0.15) is 11.8 Å². The Kier molecular flexibility index (Phi) is 4.62. The van der Waals surface area contributed by atoms with Crippen molar-refractivity contribution in [2.75, 3.05) is 6.54 Å². The Morgan fingerprint density at radius 1 is 1.29 bits per heavy atom. The number of amides is 2. The van der Waals surface area contributed by atoms with Crippen molar-refractivity contribution in [1.82, 2.24) is 10.2 Å². The van der Waals surface area contributed by atoms with E-state index in [9.17, 15) is 9.90 Å². The van der Waals surface area contributed by atoms with Gasteiger partial charge >= 0.3 is 6.03 Å². The van der Waals surface area contributed by atoms with Crippen LogP contribution in [0.3, 0.4) is 0 Å². The van der Waals surface area contributed by atoms with Crippen LogP contribution in [-0.4, -0.2) is 34.2 Å². The van der Waals surface area contributed by atoms with Gasteiger partial charge in [-0.3, -0.25) is 0 Å². The van der Waals surface area contributed by atoms with Crippen molar-refractivity contribution in [2.24, 2.45) is 0 Å². The van der Waals surface area contributed by atoms with E-state index in [1.54, 1.807) is 25.0 Å². The SMILES string of the molecule is CC(C)(O)[C@H]1CCCN1C(=O)N[C@H](c1ccccc1)c1ccco1. The van der Waals surface area contributed by atoms with Crippen LogP contribution in [0.25, 0.3) is 0 Å². The molecule has 0 unspecified atom stereocenters. The normalized spacial score (nSPS) is 19.3. The van der Waals surface area contributed by atoms with Gasteiger partial charge in [0, 0.05) is 6.54 Å². The maximum Gasteiger partial charge on any atom is 0.318 e. The Morgan fingerprint density at radius 3 is 2.67 bits per heavy atom. The fourth-order valence-corrected chi connectivity index (χ4v) is 3.37. The van der Waals surface area contributed by atoms with E-state index in [2.05, 4.69) is 5.32 Å². The molecule has 2 amide bonds. The number of furan rings is 1. The lowest BCUT2D eigenvalue weighted by Gasteiger charge is -2.34. The molecule has 1 aliphatic rings. The first kappa shape index (κ1) is 16.6. The summed E-state index contributed by atoms with van der Waals surface area (Å²) >= 11 is 0. The van der Waals surface area contributed by atoms with Crippen LogP contribution in [0.15, 0.2) is 53.1 Å². The molecule has 1 aromatic carbocycles. The smallest absolute Gasteiger partial charge is 0.318 e. The van der Waals surface area contributed by atoms with E-state index >= 15 is 0 Å². The molecular weight excluding hydrogens is 304 g/mol. The minimum atomic E-state index is -0.916. The molecule has 0 spiro atoms. The Bertz CT molecular complexity index is 662. The Labute approximate surface area is 142 Å². The number of likely N-dealkylation sites (tertiary alicyclic amines) is 1. The summed E-state index contributed by atoms with van der Waals surface area (Å²) in [5.41, 5.74) is 0.0422. The second-order valence-corrected chi connectivity index (χ2v) is 6.81. The van der Waals surface area contributed by atoms with E-state index in [1.807, 2.05) is 42.5 Å². The fraction of sp³-hybridized carbons (Fsp3) is 0.421. The summed E-state index contributed by atoms with van der Waals surface area (Å²) in [6.45, 7) is 4.16. The molecule has 24 heavy (non-hydrogen) atoms. The van der Waals surface area contributed by atoms with Gasteiger partial charge in [-0.25, -0.2) is 4.79 Å². The molecule has 2 heterocycles. The highest BCUT2D eigenvalue weighted by atomic mass is 16.3. The number of nitrogens with zero attached hydrogens (tertiary/aromatic N) is 1. The maximum absolute atomic E-state index is 12.8.